The Morgan fingerprint density at radius 1 is 1.64 bits per heavy atom. The van der Waals surface area contributed by atoms with Gasteiger partial charge < -0.3 is 5.73 Å². The quantitative estimate of drug-likeness (QED) is 0.835. The Morgan fingerprint density at radius 2 is 2.29 bits per heavy atom. The molecule has 0 saturated carbocycles. The highest BCUT2D eigenvalue weighted by Gasteiger charge is 2.15. The second-order valence-corrected chi connectivity index (χ2v) is 3.75. The predicted octanol–water partition coefficient (Wildman–Crippen LogP) is 2.16. The van der Waals surface area contributed by atoms with Gasteiger partial charge >= 0.3 is 0 Å². The van der Waals surface area contributed by atoms with Crippen molar-refractivity contribution in [3.8, 4) is 6.07 Å². The van der Waals surface area contributed by atoms with Gasteiger partial charge in [-0.15, -0.1) is 0 Å². The zero-order valence-corrected chi connectivity index (χ0v) is 9.04. The summed E-state index contributed by atoms with van der Waals surface area (Å²) in [5.41, 5.74) is 6.53. The van der Waals surface area contributed by atoms with E-state index in [0.29, 0.717) is 23.8 Å². The first-order valence-electron chi connectivity index (χ1n) is 4.46. The highest BCUT2D eigenvalue weighted by molar-refractivity contribution is 6.33. The molecule has 0 saturated heterocycles. The van der Waals surface area contributed by atoms with Crippen molar-refractivity contribution in [3.63, 3.8) is 0 Å². The average molecular weight is 213 g/mol. The Labute approximate surface area is 88.3 Å². The molecule has 76 valence electrons. The van der Waals surface area contributed by atoms with Crippen LogP contribution in [0.25, 0.3) is 0 Å². The van der Waals surface area contributed by atoms with E-state index >= 15 is 0 Å². The minimum absolute atomic E-state index is 0.244. The molecular formula is C9H13ClN4. The van der Waals surface area contributed by atoms with Gasteiger partial charge in [0.05, 0.1) is 24.7 Å². The van der Waals surface area contributed by atoms with Gasteiger partial charge in [-0.05, 0) is 5.92 Å². The first kappa shape index (κ1) is 10.9. The second-order valence-electron chi connectivity index (χ2n) is 3.37. The number of nitrogens with two attached hydrogens (primary N) is 1. The van der Waals surface area contributed by atoms with Gasteiger partial charge in [-0.3, -0.25) is 0 Å². The molecule has 0 amide bonds. The topological polar surface area (TPSA) is 67.6 Å². The maximum Gasteiger partial charge on any atom is 0.140 e. The standard InChI is InChI=1S/C9H13ClN4/c1-6(2)8-7(10)9(12)14(13-8)5-3-4-11/h6H,3,5,12H2,1-2H3. The van der Waals surface area contributed by atoms with Gasteiger partial charge in [-0.1, -0.05) is 25.4 Å². The minimum atomic E-state index is 0.244. The molecule has 0 bridgehead atoms. The van der Waals surface area contributed by atoms with Crippen molar-refractivity contribution in [2.24, 2.45) is 0 Å². The van der Waals surface area contributed by atoms with Crippen molar-refractivity contribution in [1.29, 1.82) is 5.26 Å². The molecule has 1 aromatic rings. The largest absolute Gasteiger partial charge is 0.383 e. The predicted molar refractivity (Wildman–Crippen MR) is 56.0 cm³/mol. The normalized spacial score (nSPS) is 10.5. The number of nitriles is 1. The molecule has 0 aromatic carbocycles. The number of anilines is 1. The summed E-state index contributed by atoms with van der Waals surface area (Å²) in [5.74, 6) is 0.693. The van der Waals surface area contributed by atoms with Gasteiger partial charge in [0.15, 0.2) is 0 Å². The fraction of sp³-hybridized carbons (Fsp3) is 0.556. The van der Waals surface area contributed by atoms with Crippen LogP contribution in [-0.2, 0) is 6.54 Å². The Bertz CT molecular complexity index is 362. The van der Waals surface area contributed by atoms with Crippen LogP contribution in [0.2, 0.25) is 5.02 Å². The summed E-state index contributed by atoms with van der Waals surface area (Å²) in [5, 5.41) is 13.2. The van der Waals surface area contributed by atoms with E-state index in [1.54, 1.807) is 4.68 Å². The number of nitrogens with zero attached hydrogens (tertiary/aromatic N) is 3. The first-order valence-corrected chi connectivity index (χ1v) is 4.84. The number of halogens is 1. The maximum atomic E-state index is 8.44. The van der Waals surface area contributed by atoms with Crippen LogP contribution in [0.4, 0.5) is 5.82 Å². The zero-order valence-electron chi connectivity index (χ0n) is 8.29. The van der Waals surface area contributed by atoms with E-state index < -0.39 is 0 Å². The zero-order chi connectivity index (χ0) is 10.7. The van der Waals surface area contributed by atoms with Crippen LogP contribution in [0, 0.1) is 11.3 Å². The van der Waals surface area contributed by atoms with Crippen molar-refractivity contribution < 1.29 is 0 Å². The van der Waals surface area contributed by atoms with E-state index in [2.05, 4.69) is 5.10 Å². The maximum absolute atomic E-state index is 8.44. The lowest BCUT2D eigenvalue weighted by molar-refractivity contribution is 0.617. The molecule has 0 aliphatic rings. The summed E-state index contributed by atoms with van der Waals surface area (Å²) < 4.78 is 1.58. The lowest BCUT2D eigenvalue weighted by atomic mass is 10.1. The van der Waals surface area contributed by atoms with Crippen LogP contribution in [0.15, 0.2) is 0 Å². The minimum Gasteiger partial charge on any atom is -0.383 e. The van der Waals surface area contributed by atoms with Crippen LogP contribution in [0.5, 0.6) is 0 Å². The molecule has 0 atom stereocenters. The summed E-state index contributed by atoms with van der Waals surface area (Å²) in [4.78, 5) is 0. The Kier molecular flexibility index (Phi) is 3.37. The number of aryl methyl sites for hydroxylation is 1. The lowest BCUT2D eigenvalue weighted by Gasteiger charge is -1.99. The fourth-order valence-electron chi connectivity index (χ4n) is 1.17. The smallest absolute Gasteiger partial charge is 0.140 e. The number of aromatic nitrogens is 2. The van der Waals surface area contributed by atoms with E-state index in [9.17, 15) is 0 Å². The van der Waals surface area contributed by atoms with E-state index in [4.69, 9.17) is 22.6 Å². The van der Waals surface area contributed by atoms with Gasteiger partial charge in [-0.2, -0.15) is 10.4 Å². The molecule has 2 N–H and O–H groups in total. The number of hydrogen-bond acceptors (Lipinski definition) is 3. The third-order valence-corrected chi connectivity index (χ3v) is 2.33. The summed E-state index contributed by atoms with van der Waals surface area (Å²) in [6.45, 7) is 4.50. The van der Waals surface area contributed by atoms with Crippen LogP contribution in [-0.4, -0.2) is 9.78 Å². The number of nitrogen functional groups attached to an aromatic ring is 1. The molecule has 0 fully saturated rings. The average Bonchev–Trinajstić information content (AvgIpc) is 2.42. The molecule has 4 nitrogen and oxygen atoms in total. The van der Waals surface area contributed by atoms with Crippen LogP contribution in [0.3, 0.4) is 0 Å². The van der Waals surface area contributed by atoms with Gasteiger partial charge in [0, 0.05) is 0 Å². The summed E-state index contributed by atoms with van der Waals surface area (Å²) in [6, 6.07) is 2.04. The Morgan fingerprint density at radius 3 is 2.71 bits per heavy atom. The highest BCUT2D eigenvalue weighted by Crippen LogP contribution is 2.28. The van der Waals surface area contributed by atoms with E-state index in [-0.39, 0.29) is 5.92 Å². The first-order chi connectivity index (χ1) is 6.57. The van der Waals surface area contributed by atoms with E-state index in [0.717, 1.165) is 5.69 Å². The Balaban J connectivity index is 2.98. The summed E-state index contributed by atoms with van der Waals surface area (Å²) >= 11 is 6.00. The van der Waals surface area contributed by atoms with Crippen molar-refractivity contribution >= 4 is 17.4 Å². The van der Waals surface area contributed by atoms with Crippen molar-refractivity contribution in [1.82, 2.24) is 9.78 Å². The monoisotopic (exact) mass is 212 g/mol. The van der Waals surface area contributed by atoms with E-state index in [1.165, 1.54) is 0 Å². The molecule has 0 unspecified atom stereocenters. The van der Waals surface area contributed by atoms with Crippen LogP contribution < -0.4 is 5.73 Å². The SMILES string of the molecule is CC(C)c1nn(CCC#N)c(N)c1Cl. The fourth-order valence-corrected chi connectivity index (χ4v) is 1.52. The van der Waals surface area contributed by atoms with E-state index in [1.807, 2.05) is 19.9 Å². The third-order valence-electron chi connectivity index (χ3n) is 1.94. The molecule has 0 spiro atoms. The summed E-state index contributed by atoms with van der Waals surface area (Å²) in [6.07, 6.45) is 0.389. The molecule has 0 aliphatic heterocycles. The molecule has 1 aromatic heterocycles. The molecule has 5 heteroatoms. The van der Waals surface area contributed by atoms with Crippen LogP contribution >= 0.6 is 11.6 Å². The lowest BCUT2D eigenvalue weighted by Crippen LogP contribution is -2.04. The number of hydrogen-bond donors (Lipinski definition) is 1. The Hall–Kier alpha value is -1.21. The second kappa shape index (κ2) is 4.34. The highest BCUT2D eigenvalue weighted by atomic mass is 35.5. The third kappa shape index (κ3) is 1.99. The summed E-state index contributed by atoms with van der Waals surface area (Å²) in [7, 11) is 0. The number of rotatable bonds is 3. The van der Waals surface area contributed by atoms with Crippen molar-refractivity contribution in [2.75, 3.05) is 5.73 Å². The molecule has 1 rings (SSSR count). The molecule has 0 radical (unpaired) electrons. The van der Waals surface area contributed by atoms with Crippen molar-refractivity contribution in [2.45, 2.75) is 32.7 Å². The molecular weight excluding hydrogens is 200 g/mol. The van der Waals surface area contributed by atoms with Crippen LogP contribution in [0.1, 0.15) is 31.9 Å². The molecule has 14 heavy (non-hydrogen) atoms. The van der Waals surface area contributed by atoms with Gasteiger partial charge in [-0.25, -0.2) is 4.68 Å². The molecule has 1 heterocycles. The van der Waals surface area contributed by atoms with Gasteiger partial charge in [0.2, 0.25) is 0 Å². The molecule has 0 aliphatic carbocycles. The van der Waals surface area contributed by atoms with Crippen molar-refractivity contribution in [3.05, 3.63) is 10.7 Å². The van der Waals surface area contributed by atoms with Gasteiger partial charge in [0.1, 0.15) is 10.8 Å². The van der Waals surface area contributed by atoms with Gasteiger partial charge in [0.25, 0.3) is 0 Å².